The van der Waals surface area contributed by atoms with Crippen molar-refractivity contribution >= 4 is 5.91 Å². The smallest absolute Gasteiger partial charge is 0.251 e. The fourth-order valence-corrected chi connectivity index (χ4v) is 2.34. The second-order valence-corrected chi connectivity index (χ2v) is 6.15. The van der Waals surface area contributed by atoms with Crippen molar-refractivity contribution in [3.8, 4) is 6.07 Å². The maximum Gasteiger partial charge on any atom is 0.251 e. The predicted molar refractivity (Wildman–Crippen MR) is 95.4 cm³/mol. The average Bonchev–Trinajstić information content (AvgIpc) is 2.60. The molecular formula is C20H23N3O. The Morgan fingerprint density at radius 2 is 1.88 bits per heavy atom. The second kappa shape index (κ2) is 8.28. The molecule has 0 heterocycles. The zero-order valence-electron chi connectivity index (χ0n) is 14.4. The second-order valence-electron chi connectivity index (χ2n) is 6.15. The van der Waals surface area contributed by atoms with Crippen molar-refractivity contribution in [2.45, 2.75) is 33.0 Å². The van der Waals surface area contributed by atoms with E-state index in [1.165, 1.54) is 5.56 Å². The van der Waals surface area contributed by atoms with E-state index in [4.69, 9.17) is 5.26 Å². The maximum atomic E-state index is 12.3. The quantitative estimate of drug-likeness (QED) is 0.888. The Kier molecular flexibility index (Phi) is 6.11. The van der Waals surface area contributed by atoms with E-state index in [9.17, 15) is 4.79 Å². The number of benzene rings is 2. The van der Waals surface area contributed by atoms with Crippen LogP contribution >= 0.6 is 0 Å². The lowest BCUT2D eigenvalue weighted by Gasteiger charge is -2.22. The zero-order chi connectivity index (χ0) is 17.5. The molecule has 2 aromatic rings. The Bertz CT molecular complexity index is 747. The van der Waals surface area contributed by atoms with E-state index < -0.39 is 0 Å². The molecule has 4 heteroatoms. The summed E-state index contributed by atoms with van der Waals surface area (Å²) in [4.78, 5) is 14.6. The summed E-state index contributed by atoms with van der Waals surface area (Å²) in [7, 11) is 2.09. The summed E-state index contributed by atoms with van der Waals surface area (Å²) in [5.74, 6) is -0.167. The van der Waals surface area contributed by atoms with Crippen LogP contribution in [0.15, 0.2) is 48.5 Å². The Labute approximate surface area is 143 Å². The molecule has 0 aliphatic carbocycles. The van der Waals surface area contributed by atoms with Gasteiger partial charge in [-0.1, -0.05) is 30.3 Å². The van der Waals surface area contributed by atoms with Gasteiger partial charge in [0.25, 0.3) is 5.91 Å². The van der Waals surface area contributed by atoms with E-state index in [2.05, 4.69) is 43.2 Å². The molecule has 0 atom stereocenters. The molecule has 0 aromatic heterocycles. The first-order valence-corrected chi connectivity index (χ1v) is 8.06. The molecule has 2 aromatic carbocycles. The SMILES string of the molecule is CC(C)N(C)Cc1ccccc1CNC(=O)c1cccc(C#N)c1. The lowest BCUT2D eigenvalue weighted by molar-refractivity contribution is 0.0950. The fourth-order valence-electron chi connectivity index (χ4n) is 2.34. The van der Waals surface area contributed by atoms with Gasteiger partial charge in [0.15, 0.2) is 0 Å². The summed E-state index contributed by atoms with van der Waals surface area (Å²) in [6.07, 6.45) is 0. The van der Waals surface area contributed by atoms with Gasteiger partial charge in [-0.3, -0.25) is 9.69 Å². The first-order valence-electron chi connectivity index (χ1n) is 8.06. The van der Waals surface area contributed by atoms with Crippen molar-refractivity contribution in [3.63, 3.8) is 0 Å². The van der Waals surface area contributed by atoms with Crippen molar-refractivity contribution < 1.29 is 4.79 Å². The number of hydrogen-bond donors (Lipinski definition) is 1. The largest absolute Gasteiger partial charge is 0.348 e. The van der Waals surface area contributed by atoms with Gasteiger partial charge in [-0.25, -0.2) is 0 Å². The predicted octanol–water partition coefficient (Wildman–Crippen LogP) is 3.33. The van der Waals surface area contributed by atoms with Crippen LogP contribution in [0.5, 0.6) is 0 Å². The molecule has 0 aliphatic heterocycles. The van der Waals surface area contributed by atoms with Gasteiger partial charge in [0.05, 0.1) is 11.6 Å². The number of nitrogens with zero attached hydrogens (tertiary/aromatic N) is 2. The van der Waals surface area contributed by atoms with Gasteiger partial charge in [-0.2, -0.15) is 5.26 Å². The monoisotopic (exact) mass is 321 g/mol. The molecule has 0 fully saturated rings. The summed E-state index contributed by atoms with van der Waals surface area (Å²) in [6, 6.07) is 17.4. The molecule has 0 saturated carbocycles. The van der Waals surface area contributed by atoms with E-state index in [1.807, 2.05) is 18.2 Å². The van der Waals surface area contributed by atoms with Gasteiger partial charge in [0.1, 0.15) is 0 Å². The van der Waals surface area contributed by atoms with Gasteiger partial charge >= 0.3 is 0 Å². The lowest BCUT2D eigenvalue weighted by atomic mass is 10.1. The number of rotatable bonds is 6. The van der Waals surface area contributed by atoms with Crippen LogP contribution in [0.2, 0.25) is 0 Å². The first-order chi connectivity index (χ1) is 11.5. The van der Waals surface area contributed by atoms with Crippen LogP contribution in [0.1, 0.15) is 40.9 Å². The van der Waals surface area contributed by atoms with Gasteiger partial charge < -0.3 is 5.32 Å². The van der Waals surface area contributed by atoms with Gasteiger partial charge in [-0.05, 0) is 50.2 Å². The molecule has 1 N–H and O–H groups in total. The normalized spacial score (nSPS) is 10.7. The molecule has 4 nitrogen and oxygen atoms in total. The standard InChI is InChI=1S/C20H23N3O/c1-15(2)23(3)14-19-9-5-4-8-18(19)13-22-20(24)17-10-6-7-16(11-17)12-21/h4-11,15H,13-14H2,1-3H3,(H,22,24). The topological polar surface area (TPSA) is 56.1 Å². The number of amides is 1. The van der Waals surface area contributed by atoms with Crippen molar-refractivity contribution in [3.05, 3.63) is 70.8 Å². The van der Waals surface area contributed by atoms with Crippen LogP contribution in [0.4, 0.5) is 0 Å². The van der Waals surface area contributed by atoms with Crippen molar-refractivity contribution in [1.29, 1.82) is 5.26 Å². The number of carbonyl (C=O) groups is 1. The first kappa shape index (κ1) is 17.7. The highest BCUT2D eigenvalue weighted by atomic mass is 16.1. The van der Waals surface area contributed by atoms with Crippen LogP contribution in [-0.4, -0.2) is 23.9 Å². The molecule has 2 rings (SSSR count). The van der Waals surface area contributed by atoms with Crippen LogP contribution in [0.25, 0.3) is 0 Å². The molecule has 0 aliphatic rings. The highest BCUT2D eigenvalue weighted by Crippen LogP contribution is 2.13. The third kappa shape index (κ3) is 4.68. The van der Waals surface area contributed by atoms with Gasteiger partial charge in [0, 0.05) is 24.7 Å². The van der Waals surface area contributed by atoms with E-state index in [0.717, 1.165) is 12.1 Å². The van der Waals surface area contributed by atoms with E-state index in [-0.39, 0.29) is 5.91 Å². The van der Waals surface area contributed by atoms with Gasteiger partial charge in [0.2, 0.25) is 0 Å². The summed E-state index contributed by atoms with van der Waals surface area (Å²) < 4.78 is 0. The Hall–Kier alpha value is -2.64. The number of nitrogens with one attached hydrogen (secondary N) is 1. The fraction of sp³-hybridized carbons (Fsp3) is 0.300. The number of hydrogen-bond acceptors (Lipinski definition) is 3. The van der Waals surface area contributed by atoms with Crippen molar-refractivity contribution in [2.75, 3.05) is 7.05 Å². The molecule has 1 amide bonds. The lowest BCUT2D eigenvalue weighted by Crippen LogP contribution is -2.27. The van der Waals surface area contributed by atoms with Crippen LogP contribution < -0.4 is 5.32 Å². The van der Waals surface area contributed by atoms with E-state index in [0.29, 0.717) is 23.7 Å². The molecule has 0 saturated heterocycles. The van der Waals surface area contributed by atoms with Crippen molar-refractivity contribution in [2.24, 2.45) is 0 Å². The summed E-state index contributed by atoms with van der Waals surface area (Å²) in [5.41, 5.74) is 3.31. The average molecular weight is 321 g/mol. The Morgan fingerprint density at radius 1 is 1.17 bits per heavy atom. The minimum atomic E-state index is -0.167. The van der Waals surface area contributed by atoms with Crippen LogP contribution in [0.3, 0.4) is 0 Å². The minimum absolute atomic E-state index is 0.167. The molecule has 124 valence electrons. The van der Waals surface area contributed by atoms with Gasteiger partial charge in [-0.15, -0.1) is 0 Å². The van der Waals surface area contributed by atoms with Crippen LogP contribution in [0, 0.1) is 11.3 Å². The molecule has 0 spiro atoms. The highest BCUT2D eigenvalue weighted by molar-refractivity contribution is 5.94. The molecule has 0 bridgehead atoms. The highest BCUT2D eigenvalue weighted by Gasteiger charge is 2.10. The van der Waals surface area contributed by atoms with Crippen LogP contribution in [-0.2, 0) is 13.1 Å². The molecule has 24 heavy (non-hydrogen) atoms. The summed E-state index contributed by atoms with van der Waals surface area (Å²) in [5, 5.41) is 11.9. The summed E-state index contributed by atoms with van der Waals surface area (Å²) >= 11 is 0. The molecule has 0 unspecified atom stereocenters. The minimum Gasteiger partial charge on any atom is -0.348 e. The third-order valence-electron chi connectivity index (χ3n) is 4.11. The zero-order valence-corrected chi connectivity index (χ0v) is 14.4. The van der Waals surface area contributed by atoms with Crippen molar-refractivity contribution in [1.82, 2.24) is 10.2 Å². The van der Waals surface area contributed by atoms with E-state index in [1.54, 1.807) is 24.3 Å². The number of carbonyl (C=O) groups excluding carboxylic acids is 1. The molecule has 0 radical (unpaired) electrons. The third-order valence-corrected chi connectivity index (χ3v) is 4.11. The Morgan fingerprint density at radius 3 is 2.54 bits per heavy atom. The van der Waals surface area contributed by atoms with E-state index >= 15 is 0 Å². The number of nitriles is 1. The Balaban J connectivity index is 2.06. The summed E-state index contributed by atoms with van der Waals surface area (Å²) in [6.45, 7) is 5.63. The maximum absolute atomic E-state index is 12.3. The molecular weight excluding hydrogens is 298 g/mol.